The van der Waals surface area contributed by atoms with Gasteiger partial charge in [-0.05, 0) is 25.5 Å². The van der Waals surface area contributed by atoms with Gasteiger partial charge in [0, 0.05) is 18.3 Å². The number of hydrogen-bond acceptors (Lipinski definition) is 4. The van der Waals surface area contributed by atoms with Gasteiger partial charge in [0.25, 0.3) is 0 Å². The number of hydrogen-bond donors (Lipinski definition) is 1. The van der Waals surface area contributed by atoms with E-state index in [9.17, 15) is 0 Å². The number of rotatable bonds is 4. The average Bonchev–Trinajstić information content (AvgIpc) is 3.08. The highest BCUT2D eigenvalue weighted by Gasteiger charge is 2.24. The number of aliphatic imine (C=N–C) groups is 1. The van der Waals surface area contributed by atoms with Gasteiger partial charge in [-0.3, -0.25) is 10.3 Å². The van der Waals surface area contributed by atoms with Crippen LogP contribution in [0.25, 0.3) is 11.3 Å². The maximum absolute atomic E-state index is 6.24. The van der Waals surface area contributed by atoms with E-state index in [-0.39, 0.29) is 6.17 Å². The molecular formula is C21H20N2O2. The highest BCUT2D eigenvalue weighted by Crippen LogP contribution is 2.41. The summed E-state index contributed by atoms with van der Waals surface area (Å²) in [5.74, 6) is 2.22. The molecule has 0 spiro atoms. The minimum atomic E-state index is -0.143. The van der Waals surface area contributed by atoms with Crippen LogP contribution in [-0.2, 0) is 0 Å². The molecular weight excluding hydrogens is 312 g/mol. The minimum absolute atomic E-state index is 0.143. The Labute approximate surface area is 147 Å². The van der Waals surface area contributed by atoms with Crippen molar-refractivity contribution in [2.24, 2.45) is 4.99 Å². The summed E-state index contributed by atoms with van der Waals surface area (Å²) in [6.07, 6.45) is 4.49. The molecule has 1 unspecified atom stereocenters. The smallest absolute Gasteiger partial charge is 0.180 e. The highest BCUT2D eigenvalue weighted by molar-refractivity contribution is 5.68. The van der Waals surface area contributed by atoms with Gasteiger partial charge in [-0.25, -0.2) is 0 Å². The zero-order valence-corrected chi connectivity index (χ0v) is 14.1. The van der Waals surface area contributed by atoms with Crippen LogP contribution in [0.15, 0.2) is 70.3 Å². The van der Waals surface area contributed by atoms with Crippen molar-refractivity contribution in [2.45, 2.75) is 19.5 Å². The Kier molecular flexibility index (Phi) is 4.36. The Morgan fingerprint density at radius 3 is 2.60 bits per heavy atom. The van der Waals surface area contributed by atoms with E-state index in [4.69, 9.17) is 9.15 Å². The highest BCUT2D eigenvalue weighted by atomic mass is 16.5. The average molecular weight is 332 g/mol. The van der Waals surface area contributed by atoms with E-state index >= 15 is 0 Å². The molecule has 1 N–H and O–H groups in total. The first-order valence-corrected chi connectivity index (χ1v) is 8.47. The Hall–Kier alpha value is -2.85. The minimum Gasteiger partial charge on any atom is -0.460 e. The Morgan fingerprint density at radius 1 is 1.08 bits per heavy atom. The summed E-state index contributed by atoms with van der Waals surface area (Å²) in [5, 5.41) is 3.40. The number of aryl methyl sites for hydroxylation is 1. The van der Waals surface area contributed by atoms with Gasteiger partial charge in [0.1, 0.15) is 18.2 Å². The lowest BCUT2D eigenvalue weighted by Crippen LogP contribution is -2.24. The molecule has 2 heterocycles. The van der Waals surface area contributed by atoms with E-state index in [0.29, 0.717) is 5.75 Å². The SMILES string of the molecule is Cc1ccc(Oc2c(C3N=CCCN3)coc2-c2ccccc2)cc1. The van der Waals surface area contributed by atoms with Crippen molar-refractivity contribution in [1.82, 2.24) is 5.32 Å². The molecule has 0 saturated heterocycles. The molecule has 4 heteroatoms. The zero-order valence-electron chi connectivity index (χ0n) is 14.1. The molecule has 1 aromatic heterocycles. The fraction of sp³-hybridized carbons (Fsp3) is 0.190. The lowest BCUT2D eigenvalue weighted by molar-refractivity contribution is 0.457. The second-order valence-electron chi connectivity index (χ2n) is 6.11. The van der Waals surface area contributed by atoms with E-state index in [2.05, 4.69) is 17.2 Å². The van der Waals surface area contributed by atoms with E-state index in [1.54, 1.807) is 6.26 Å². The Balaban J connectivity index is 1.77. The van der Waals surface area contributed by atoms with Crippen molar-refractivity contribution in [3.05, 3.63) is 72.0 Å². The van der Waals surface area contributed by atoms with Crippen molar-refractivity contribution in [1.29, 1.82) is 0 Å². The van der Waals surface area contributed by atoms with Crippen LogP contribution in [0.2, 0.25) is 0 Å². The molecule has 0 fully saturated rings. The number of nitrogens with one attached hydrogen (secondary N) is 1. The summed E-state index contributed by atoms with van der Waals surface area (Å²) in [6, 6.07) is 18.0. The van der Waals surface area contributed by atoms with Crippen molar-refractivity contribution in [3.63, 3.8) is 0 Å². The van der Waals surface area contributed by atoms with Crippen molar-refractivity contribution < 1.29 is 9.15 Å². The van der Waals surface area contributed by atoms with Crippen LogP contribution in [0.4, 0.5) is 0 Å². The predicted octanol–water partition coefficient (Wildman–Crippen LogP) is 5.11. The van der Waals surface area contributed by atoms with E-state index in [0.717, 1.165) is 35.6 Å². The third-order valence-corrected chi connectivity index (χ3v) is 4.21. The van der Waals surface area contributed by atoms with Gasteiger partial charge in [-0.2, -0.15) is 0 Å². The molecule has 3 aromatic rings. The molecule has 1 aliphatic rings. The van der Waals surface area contributed by atoms with Gasteiger partial charge in [0.15, 0.2) is 11.5 Å². The van der Waals surface area contributed by atoms with Gasteiger partial charge in [0.2, 0.25) is 0 Å². The first kappa shape index (κ1) is 15.7. The lowest BCUT2D eigenvalue weighted by Gasteiger charge is -2.18. The van der Waals surface area contributed by atoms with E-state index in [1.807, 2.05) is 60.8 Å². The molecule has 1 aliphatic heterocycles. The molecule has 126 valence electrons. The molecule has 4 rings (SSSR count). The number of furan rings is 1. The van der Waals surface area contributed by atoms with Crippen LogP contribution in [0.3, 0.4) is 0 Å². The first-order chi connectivity index (χ1) is 12.3. The van der Waals surface area contributed by atoms with E-state index in [1.165, 1.54) is 5.56 Å². The Bertz CT molecular complexity index is 867. The van der Waals surface area contributed by atoms with E-state index < -0.39 is 0 Å². The molecule has 0 saturated carbocycles. The topological polar surface area (TPSA) is 46.8 Å². The lowest BCUT2D eigenvalue weighted by atomic mass is 10.1. The van der Waals surface area contributed by atoms with Crippen LogP contribution < -0.4 is 10.1 Å². The number of nitrogens with zero attached hydrogens (tertiary/aromatic N) is 1. The molecule has 0 bridgehead atoms. The van der Waals surface area contributed by atoms with Gasteiger partial charge in [-0.15, -0.1) is 0 Å². The second-order valence-corrected chi connectivity index (χ2v) is 6.11. The van der Waals surface area contributed by atoms with Crippen molar-refractivity contribution in [2.75, 3.05) is 6.54 Å². The van der Waals surface area contributed by atoms with Crippen LogP contribution in [0.5, 0.6) is 11.5 Å². The molecule has 4 nitrogen and oxygen atoms in total. The molecule has 2 aromatic carbocycles. The zero-order chi connectivity index (χ0) is 17.1. The van der Waals surface area contributed by atoms with Crippen molar-refractivity contribution >= 4 is 6.21 Å². The quantitative estimate of drug-likeness (QED) is 0.722. The summed E-state index contributed by atoms with van der Waals surface area (Å²) >= 11 is 0. The van der Waals surface area contributed by atoms with Crippen LogP contribution in [0.1, 0.15) is 23.7 Å². The van der Waals surface area contributed by atoms with Crippen LogP contribution in [-0.4, -0.2) is 12.8 Å². The third-order valence-electron chi connectivity index (χ3n) is 4.21. The third kappa shape index (κ3) is 3.35. The summed E-state index contributed by atoms with van der Waals surface area (Å²) in [7, 11) is 0. The van der Waals surface area contributed by atoms with Gasteiger partial charge >= 0.3 is 0 Å². The molecule has 1 atom stereocenters. The fourth-order valence-electron chi connectivity index (χ4n) is 2.87. The standard InChI is InChI=1S/C21H20N2O2/c1-15-8-10-17(11-9-15)25-20-18(21-22-12-5-13-23-21)14-24-19(20)16-6-3-2-4-7-16/h2-4,6-12,14,21,23H,5,13H2,1H3. The predicted molar refractivity (Wildman–Crippen MR) is 99.2 cm³/mol. The summed E-state index contributed by atoms with van der Waals surface area (Å²) in [5.41, 5.74) is 3.09. The largest absolute Gasteiger partial charge is 0.460 e. The normalized spacial score (nSPS) is 16.8. The summed E-state index contributed by atoms with van der Waals surface area (Å²) in [4.78, 5) is 4.55. The van der Waals surface area contributed by atoms with Gasteiger partial charge in [-0.1, -0.05) is 48.0 Å². The molecule has 0 radical (unpaired) electrons. The van der Waals surface area contributed by atoms with Crippen LogP contribution in [0, 0.1) is 6.92 Å². The second kappa shape index (κ2) is 6.95. The maximum atomic E-state index is 6.24. The molecule has 0 aliphatic carbocycles. The van der Waals surface area contributed by atoms with Gasteiger partial charge in [0.05, 0.1) is 5.56 Å². The maximum Gasteiger partial charge on any atom is 0.180 e. The molecule has 25 heavy (non-hydrogen) atoms. The first-order valence-electron chi connectivity index (χ1n) is 8.47. The summed E-state index contributed by atoms with van der Waals surface area (Å²) < 4.78 is 12.1. The fourth-order valence-corrected chi connectivity index (χ4v) is 2.87. The number of benzene rings is 2. The number of ether oxygens (including phenoxy) is 1. The van der Waals surface area contributed by atoms with Crippen molar-refractivity contribution in [3.8, 4) is 22.8 Å². The Morgan fingerprint density at radius 2 is 1.88 bits per heavy atom. The summed E-state index contributed by atoms with van der Waals surface area (Å²) in [6.45, 7) is 2.95. The monoisotopic (exact) mass is 332 g/mol. The van der Waals surface area contributed by atoms with Crippen LogP contribution >= 0.6 is 0 Å². The van der Waals surface area contributed by atoms with Gasteiger partial charge < -0.3 is 9.15 Å². The molecule has 0 amide bonds.